The van der Waals surface area contributed by atoms with E-state index in [-0.39, 0.29) is 23.4 Å². The number of nitrogens with zero attached hydrogens (tertiary/aromatic N) is 1. The Bertz CT molecular complexity index is 790. The van der Waals surface area contributed by atoms with Crippen molar-refractivity contribution in [3.05, 3.63) is 66.7 Å². The van der Waals surface area contributed by atoms with E-state index in [1.54, 1.807) is 32.0 Å². The molecule has 0 atom stereocenters. The molecule has 6 heteroatoms. The second-order valence-corrected chi connectivity index (χ2v) is 4.95. The second kappa shape index (κ2) is 5.46. The van der Waals surface area contributed by atoms with Crippen LogP contribution in [0.2, 0.25) is 5.02 Å². The maximum Gasteiger partial charge on any atom is 0.268 e. The molecule has 104 valence electrons. The zero-order valence-corrected chi connectivity index (χ0v) is 11.8. The van der Waals surface area contributed by atoms with Gasteiger partial charge < -0.3 is 0 Å². The van der Waals surface area contributed by atoms with E-state index in [0.717, 1.165) is 4.68 Å². The number of carbonyl (C=O) groups excluding carboxylic acids is 1. The molecule has 0 amide bonds. The average molecular weight is 293 g/mol. The molecule has 1 heterocycles. The molecular formula is C14H13ClN2O3. The van der Waals surface area contributed by atoms with Gasteiger partial charge in [-0.2, -0.15) is 0 Å². The van der Waals surface area contributed by atoms with Gasteiger partial charge in [-0.15, -0.1) is 0 Å². The topological polar surface area (TPSA) is 71.9 Å². The molecule has 1 aromatic carbocycles. The molecule has 0 bridgehead atoms. The highest BCUT2D eigenvalue weighted by Crippen LogP contribution is 2.11. The van der Waals surface area contributed by atoms with Crippen LogP contribution in [-0.2, 0) is 6.54 Å². The summed E-state index contributed by atoms with van der Waals surface area (Å²) in [6.45, 7) is 2.90. The van der Waals surface area contributed by atoms with Gasteiger partial charge in [-0.1, -0.05) is 23.7 Å². The minimum atomic E-state index is -0.377. The van der Waals surface area contributed by atoms with Gasteiger partial charge in [-0.25, -0.2) is 4.68 Å². The molecule has 0 saturated heterocycles. The van der Waals surface area contributed by atoms with Crippen molar-refractivity contribution in [2.24, 2.45) is 0 Å². The predicted molar refractivity (Wildman–Crippen MR) is 76.6 cm³/mol. The van der Waals surface area contributed by atoms with E-state index in [9.17, 15) is 14.4 Å². The highest BCUT2D eigenvalue weighted by atomic mass is 35.5. The largest absolute Gasteiger partial charge is 0.292 e. The molecule has 1 N–H and O–H groups in total. The van der Waals surface area contributed by atoms with Crippen LogP contribution < -0.4 is 11.1 Å². The Morgan fingerprint density at radius 1 is 1.25 bits per heavy atom. The maximum atomic E-state index is 12.1. The Labute approximate surface area is 119 Å². The van der Waals surface area contributed by atoms with Crippen molar-refractivity contribution >= 4 is 17.4 Å². The number of Topliss-reactive ketones (excluding diaryl/α,β-unsaturated/α-hetero) is 1. The van der Waals surface area contributed by atoms with E-state index in [1.807, 2.05) is 0 Å². The van der Waals surface area contributed by atoms with Crippen LogP contribution in [0, 0.1) is 13.8 Å². The summed E-state index contributed by atoms with van der Waals surface area (Å²) < 4.78 is 1.02. The third-order valence-corrected chi connectivity index (χ3v) is 3.39. The van der Waals surface area contributed by atoms with E-state index >= 15 is 0 Å². The van der Waals surface area contributed by atoms with Crippen molar-refractivity contribution in [3.8, 4) is 0 Å². The maximum absolute atomic E-state index is 12.1. The van der Waals surface area contributed by atoms with Gasteiger partial charge >= 0.3 is 0 Å². The smallest absolute Gasteiger partial charge is 0.268 e. The number of aromatic nitrogens is 2. The molecule has 0 unspecified atom stereocenters. The van der Waals surface area contributed by atoms with E-state index < -0.39 is 0 Å². The van der Waals surface area contributed by atoms with Crippen LogP contribution in [0.3, 0.4) is 0 Å². The first-order valence-corrected chi connectivity index (χ1v) is 6.37. The lowest BCUT2D eigenvalue weighted by molar-refractivity contribution is 0.0965. The molecule has 0 saturated carbocycles. The van der Waals surface area contributed by atoms with Gasteiger partial charge in [0.05, 0.1) is 0 Å². The molecule has 0 radical (unpaired) electrons. The minimum Gasteiger partial charge on any atom is -0.292 e. The van der Waals surface area contributed by atoms with Crippen molar-refractivity contribution in [3.63, 3.8) is 0 Å². The normalized spacial score (nSPS) is 10.6. The molecular weight excluding hydrogens is 280 g/mol. The first-order valence-electron chi connectivity index (χ1n) is 5.99. The van der Waals surface area contributed by atoms with Gasteiger partial charge in [0.25, 0.3) is 11.1 Å². The summed E-state index contributed by atoms with van der Waals surface area (Å²) in [6, 6.07) is 6.44. The Morgan fingerprint density at radius 3 is 2.60 bits per heavy atom. The van der Waals surface area contributed by atoms with Gasteiger partial charge in [0.2, 0.25) is 0 Å². The lowest BCUT2D eigenvalue weighted by Gasteiger charge is -2.07. The first-order chi connectivity index (χ1) is 9.40. The summed E-state index contributed by atoms with van der Waals surface area (Å²) in [5.74, 6) is -0.298. The lowest BCUT2D eigenvalue weighted by atomic mass is 10.1. The van der Waals surface area contributed by atoms with E-state index in [0.29, 0.717) is 21.7 Å². The summed E-state index contributed by atoms with van der Waals surface area (Å²) in [6.07, 6.45) is 0. The van der Waals surface area contributed by atoms with Crippen molar-refractivity contribution in [2.75, 3.05) is 0 Å². The zero-order valence-electron chi connectivity index (χ0n) is 11.1. The highest BCUT2D eigenvalue weighted by molar-refractivity contribution is 6.31. The van der Waals surface area contributed by atoms with Gasteiger partial charge in [-0.05, 0) is 26.0 Å². The lowest BCUT2D eigenvalue weighted by Crippen LogP contribution is -2.35. The number of benzene rings is 1. The van der Waals surface area contributed by atoms with Crippen LogP contribution in [0.5, 0.6) is 0 Å². The van der Waals surface area contributed by atoms with Crippen LogP contribution >= 0.6 is 11.6 Å². The van der Waals surface area contributed by atoms with Gasteiger partial charge in [-0.3, -0.25) is 19.5 Å². The Balaban J connectivity index is 2.39. The standard InChI is InChI=1S/C14H13ClN2O3/c1-8-9(2)14(20)17(16-13(8)19)7-12(18)10-4-3-5-11(15)6-10/h3-6H,7H2,1-2H3,(H,16,19). The molecule has 0 spiro atoms. The Morgan fingerprint density at radius 2 is 1.95 bits per heavy atom. The van der Waals surface area contributed by atoms with Crippen molar-refractivity contribution in [1.82, 2.24) is 9.78 Å². The van der Waals surface area contributed by atoms with Crippen molar-refractivity contribution < 1.29 is 4.79 Å². The number of rotatable bonds is 3. The minimum absolute atomic E-state index is 0.227. The molecule has 5 nitrogen and oxygen atoms in total. The summed E-state index contributed by atoms with van der Waals surface area (Å²) in [5, 5.41) is 2.84. The van der Waals surface area contributed by atoms with Gasteiger partial charge in [0, 0.05) is 21.7 Å². The van der Waals surface area contributed by atoms with Crippen molar-refractivity contribution in [2.45, 2.75) is 20.4 Å². The fourth-order valence-corrected chi connectivity index (χ4v) is 1.99. The zero-order chi connectivity index (χ0) is 14.9. The van der Waals surface area contributed by atoms with E-state index in [4.69, 9.17) is 11.6 Å². The number of ketones is 1. The summed E-state index contributed by atoms with van der Waals surface area (Å²) in [7, 11) is 0. The van der Waals surface area contributed by atoms with Gasteiger partial charge in [0.1, 0.15) is 6.54 Å². The highest BCUT2D eigenvalue weighted by Gasteiger charge is 2.12. The Kier molecular flexibility index (Phi) is 3.90. The number of hydrogen-bond donors (Lipinski definition) is 1. The number of nitrogens with one attached hydrogen (secondary N) is 1. The number of halogens is 1. The third kappa shape index (κ3) is 2.72. The molecule has 2 aromatic rings. The van der Waals surface area contributed by atoms with E-state index in [1.165, 1.54) is 6.07 Å². The number of aromatic amines is 1. The first kappa shape index (κ1) is 14.3. The second-order valence-electron chi connectivity index (χ2n) is 4.52. The Hall–Kier alpha value is -2.14. The quantitative estimate of drug-likeness (QED) is 0.875. The molecule has 2 rings (SSSR count). The average Bonchev–Trinajstić information content (AvgIpc) is 2.42. The monoisotopic (exact) mass is 292 g/mol. The number of H-pyrrole nitrogens is 1. The fourth-order valence-electron chi connectivity index (χ4n) is 1.80. The molecule has 0 aliphatic heterocycles. The molecule has 0 aliphatic carbocycles. The van der Waals surface area contributed by atoms with Crippen molar-refractivity contribution in [1.29, 1.82) is 0 Å². The fraction of sp³-hybridized carbons (Fsp3) is 0.214. The SMILES string of the molecule is Cc1c(C)c(=O)n(CC(=O)c2cccc(Cl)c2)[nH]c1=O. The number of hydrogen-bond acceptors (Lipinski definition) is 3. The van der Waals surface area contributed by atoms with Gasteiger partial charge in [0.15, 0.2) is 5.78 Å². The van der Waals surface area contributed by atoms with Crippen LogP contribution in [0.4, 0.5) is 0 Å². The van der Waals surface area contributed by atoms with Crippen LogP contribution in [0.15, 0.2) is 33.9 Å². The third-order valence-electron chi connectivity index (χ3n) is 3.15. The summed E-state index contributed by atoms with van der Waals surface area (Å²) >= 11 is 5.82. The molecule has 0 fully saturated rings. The summed E-state index contributed by atoms with van der Waals surface area (Å²) in [5.41, 5.74) is 0.344. The van der Waals surface area contributed by atoms with Crippen LogP contribution in [0.1, 0.15) is 21.5 Å². The predicted octanol–water partition coefficient (Wildman–Crippen LogP) is 1.69. The molecule has 20 heavy (non-hydrogen) atoms. The summed E-state index contributed by atoms with van der Waals surface area (Å²) in [4.78, 5) is 35.7. The molecule has 0 aliphatic rings. The van der Waals surface area contributed by atoms with E-state index in [2.05, 4.69) is 5.10 Å². The molecule has 1 aromatic heterocycles. The van der Waals surface area contributed by atoms with Crippen LogP contribution in [0.25, 0.3) is 0 Å². The van der Waals surface area contributed by atoms with Crippen LogP contribution in [-0.4, -0.2) is 15.6 Å². The number of carbonyl (C=O) groups is 1.